The maximum atomic E-state index is 12.8. The first-order chi connectivity index (χ1) is 6.06. The third-order valence-electron chi connectivity index (χ3n) is 1.50. The van der Waals surface area contributed by atoms with Gasteiger partial charge in [-0.3, -0.25) is 10.1 Å². The molecule has 4 nitrogen and oxygen atoms in total. The Morgan fingerprint density at radius 3 is 2.69 bits per heavy atom. The molecule has 0 heterocycles. The molecule has 0 saturated carbocycles. The van der Waals surface area contributed by atoms with Crippen molar-refractivity contribution >= 4 is 23.0 Å². The third-order valence-corrected chi connectivity index (χ3v) is 1.79. The maximum absolute atomic E-state index is 12.8. The lowest BCUT2D eigenvalue weighted by Gasteiger charge is -2.02. The lowest BCUT2D eigenvalue weighted by atomic mass is 10.2. The number of anilines is 1. The van der Waals surface area contributed by atoms with Crippen molar-refractivity contribution in [2.45, 2.75) is 0 Å². The quantitative estimate of drug-likeness (QED) is 0.595. The molecular weight excluding hydrogens is 199 g/mol. The Balaban J connectivity index is 3.33. The second kappa shape index (κ2) is 3.57. The van der Waals surface area contributed by atoms with Gasteiger partial charge in [-0.25, -0.2) is 4.39 Å². The van der Waals surface area contributed by atoms with E-state index in [-0.39, 0.29) is 16.4 Å². The molecule has 0 amide bonds. The van der Waals surface area contributed by atoms with E-state index in [9.17, 15) is 14.5 Å². The molecule has 0 aliphatic carbocycles. The summed E-state index contributed by atoms with van der Waals surface area (Å²) in [6, 6.07) is 1.96. The maximum Gasteiger partial charge on any atom is 0.294 e. The van der Waals surface area contributed by atoms with Crippen molar-refractivity contribution in [3.8, 4) is 0 Å². The van der Waals surface area contributed by atoms with Crippen LogP contribution in [0.3, 0.4) is 0 Å². The van der Waals surface area contributed by atoms with Gasteiger partial charge < -0.3 is 5.32 Å². The molecule has 0 atom stereocenters. The van der Waals surface area contributed by atoms with Crippen molar-refractivity contribution in [2.75, 3.05) is 12.4 Å². The summed E-state index contributed by atoms with van der Waals surface area (Å²) in [6.07, 6.45) is 0. The van der Waals surface area contributed by atoms with Crippen LogP contribution in [0.15, 0.2) is 12.1 Å². The first-order valence-corrected chi connectivity index (χ1v) is 3.75. The standard InChI is InChI=1S/C7H6ClFN2O2/c1-10-6-3-5(9)4(8)2-7(6)11(12)13/h2-3,10H,1H3. The van der Waals surface area contributed by atoms with Crippen molar-refractivity contribution in [1.82, 2.24) is 0 Å². The lowest BCUT2D eigenvalue weighted by Crippen LogP contribution is -1.97. The molecule has 0 aromatic heterocycles. The molecule has 1 aromatic rings. The highest BCUT2D eigenvalue weighted by Crippen LogP contribution is 2.29. The van der Waals surface area contributed by atoms with Gasteiger partial charge in [0.25, 0.3) is 5.69 Å². The minimum atomic E-state index is -0.684. The van der Waals surface area contributed by atoms with Crippen LogP contribution in [0.4, 0.5) is 15.8 Å². The van der Waals surface area contributed by atoms with Crippen molar-refractivity contribution in [3.63, 3.8) is 0 Å². The van der Waals surface area contributed by atoms with E-state index in [1.165, 1.54) is 7.05 Å². The van der Waals surface area contributed by atoms with Gasteiger partial charge in [-0.05, 0) is 0 Å². The monoisotopic (exact) mass is 204 g/mol. The smallest absolute Gasteiger partial charge is 0.294 e. The first-order valence-electron chi connectivity index (χ1n) is 3.37. The average molecular weight is 205 g/mol. The summed E-state index contributed by atoms with van der Waals surface area (Å²) >= 11 is 5.38. The number of benzene rings is 1. The molecule has 0 bridgehead atoms. The summed E-state index contributed by atoms with van der Waals surface area (Å²) in [4.78, 5) is 9.80. The van der Waals surface area contributed by atoms with Crippen molar-refractivity contribution in [1.29, 1.82) is 0 Å². The van der Waals surface area contributed by atoms with Crippen LogP contribution in [0.1, 0.15) is 0 Å². The van der Waals surface area contributed by atoms with E-state index >= 15 is 0 Å². The zero-order valence-corrected chi connectivity index (χ0v) is 7.43. The van der Waals surface area contributed by atoms with Crippen molar-refractivity contribution in [2.24, 2.45) is 0 Å². The Labute approximate surface area is 78.5 Å². The number of nitro benzene ring substituents is 1. The van der Waals surface area contributed by atoms with Crippen molar-refractivity contribution in [3.05, 3.63) is 33.1 Å². The fraction of sp³-hybridized carbons (Fsp3) is 0.143. The van der Waals surface area contributed by atoms with Gasteiger partial charge >= 0.3 is 0 Å². The third kappa shape index (κ3) is 1.86. The second-order valence-corrected chi connectivity index (χ2v) is 2.70. The van der Waals surface area contributed by atoms with Crippen LogP contribution in [0.5, 0.6) is 0 Å². The molecule has 1 rings (SSSR count). The van der Waals surface area contributed by atoms with E-state index in [0.717, 1.165) is 12.1 Å². The number of nitro groups is 1. The van der Waals surface area contributed by atoms with Gasteiger partial charge in [0, 0.05) is 19.2 Å². The van der Waals surface area contributed by atoms with Crippen LogP contribution >= 0.6 is 11.6 Å². The number of hydrogen-bond acceptors (Lipinski definition) is 3. The SMILES string of the molecule is CNc1cc(F)c(Cl)cc1[N+](=O)[O-]. The average Bonchev–Trinajstić information content (AvgIpc) is 2.08. The predicted molar refractivity (Wildman–Crippen MR) is 47.6 cm³/mol. The predicted octanol–water partition coefficient (Wildman–Crippen LogP) is 2.43. The van der Waals surface area contributed by atoms with Crippen LogP contribution in [0, 0.1) is 15.9 Å². The Kier molecular flexibility index (Phi) is 2.67. The van der Waals surface area contributed by atoms with Gasteiger partial charge in [-0.2, -0.15) is 0 Å². The second-order valence-electron chi connectivity index (χ2n) is 2.29. The van der Waals surface area contributed by atoms with Crippen molar-refractivity contribution < 1.29 is 9.31 Å². The van der Waals surface area contributed by atoms with Gasteiger partial charge in [0.1, 0.15) is 11.5 Å². The molecule has 6 heteroatoms. The molecule has 0 aliphatic heterocycles. The topological polar surface area (TPSA) is 55.2 Å². The summed E-state index contributed by atoms with van der Waals surface area (Å²) in [5.74, 6) is -0.684. The van der Waals surface area contributed by atoms with Crippen LogP contribution in [0.25, 0.3) is 0 Å². The van der Waals surface area contributed by atoms with E-state index in [4.69, 9.17) is 11.6 Å². The Morgan fingerprint density at radius 1 is 1.62 bits per heavy atom. The first kappa shape index (κ1) is 9.73. The molecule has 13 heavy (non-hydrogen) atoms. The fourth-order valence-electron chi connectivity index (χ4n) is 0.888. The zero-order chi connectivity index (χ0) is 10.0. The summed E-state index contributed by atoms with van der Waals surface area (Å²) in [6.45, 7) is 0. The van der Waals surface area contributed by atoms with E-state index < -0.39 is 10.7 Å². The Bertz CT molecular complexity index is 357. The minimum Gasteiger partial charge on any atom is -0.382 e. The van der Waals surface area contributed by atoms with Gasteiger partial charge in [0.05, 0.1) is 9.95 Å². The molecule has 0 saturated heterocycles. The highest BCUT2D eigenvalue weighted by Gasteiger charge is 2.16. The van der Waals surface area contributed by atoms with E-state index in [2.05, 4.69) is 5.32 Å². The molecular formula is C7H6ClFN2O2. The summed E-state index contributed by atoms with van der Waals surface area (Å²) in [5.41, 5.74) is -0.138. The highest BCUT2D eigenvalue weighted by molar-refractivity contribution is 6.31. The van der Waals surface area contributed by atoms with E-state index in [0.29, 0.717) is 0 Å². The van der Waals surface area contributed by atoms with Gasteiger partial charge in [-0.15, -0.1) is 0 Å². The fourth-order valence-corrected chi connectivity index (χ4v) is 1.05. The molecule has 70 valence electrons. The molecule has 0 spiro atoms. The van der Waals surface area contributed by atoms with Crippen LogP contribution in [0.2, 0.25) is 5.02 Å². The molecule has 0 aliphatic rings. The Hall–Kier alpha value is -1.36. The van der Waals surface area contributed by atoms with E-state index in [1.807, 2.05) is 0 Å². The van der Waals surface area contributed by atoms with E-state index in [1.54, 1.807) is 0 Å². The lowest BCUT2D eigenvalue weighted by molar-refractivity contribution is -0.384. The molecule has 0 fully saturated rings. The molecule has 0 unspecified atom stereocenters. The number of nitrogens with one attached hydrogen (secondary N) is 1. The van der Waals surface area contributed by atoms with Gasteiger partial charge in [0.15, 0.2) is 0 Å². The largest absolute Gasteiger partial charge is 0.382 e. The van der Waals surface area contributed by atoms with Gasteiger partial charge in [0.2, 0.25) is 0 Å². The number of rotatable bonds is 2. The summed E-state index contributed by atoms with van der Waals surface area (Å²) < 4.78 is 12.8. The number of halogens is 2. The molecule has 0 radical (unpaired) electrons. The number of nitrogens with zero attached hydrogens (tertiary/aromatic N) is 1. The highest BCUT2D eigenvalue weighted by atomic mass is 35.5. The van der Waals surface area contributed by atoms with Crippen LogP contribution < -0.4 is 5.32 Å². The summed E-state index contributed by atoms with van der Waals surface area (Å²) in [7, 11) is 1.47. The normalized spacial score (nSPS) is 9.77. The number of hydrogen-bond donors (Lipinski definition) is 1. The molecule has 1 aromatic carbocycles. The zero-order valence-electron chi connectivity index (χ0n) is 6.67. The van der Waals surface area contributed by atoms with Gasteiger partial charge in [-0.1, -0.05) is 11.6 Å². The van der Waals surface area contributed by atoms with Crippen LogP contribution in [-0.4, -0.2) is 12.0 Å². The summed E-state index contributed by atoms with van der Waals surface area (Å²) in [5, 5.41) is 12.7. The van der Waals surface area contributed by atoms with Crippen LogP contribution in [-0.2, 0) is 0 Å². The Morgan fingerprint density at radius 2 is 2.23 bits per heavy atom. The minimum absolute atomic E-state index is 0.104. The molecule has 1 N–H and O–H groups in total.